The minimum Gasteiger partial charge on any atom is -0.390 e. The molecule has 0 unspecified atom stereocenters. The van der Waals surface area contributed by atoms with Crippen molar-refractivity contribution < 1.29 is 14.6 Å². The lowest BCUT2D eigenvalue weighted by molar-refractivity contribution is -0.122. The van der Waals surface area contributed by atoms with Crippen molar-refractivity contribution in [3.8, 4) is 0 Å². The highest BCUT2D eigenvalue weighted by Crippen LogP contribution is 2.26. The van der Waals surface area contributed by atoms with Crippen LogP contribution in [0.3, 0.4) is 0 Å². The fourth-order valence-electron chi connectivity index (χ4n) is 2.36. The maximum atomic E-state index is 11.7. The zero-order valence-electron chi connectivity index (χ0n) is 12.4. The van der Waals surface area contributed by atoms with Crippen LogP contribution in [0.25, 0.3) is 0 Å². The molecule has 2 heterocycles. The summed E-state index contributed by atoms with van der Waals surface area (Å²) in [4.78, 5) is 36.4. The third-order valence-corrected chi connectivity index (χ3v) is 3.62. The monoisotopic (exact) mass is 311 g/mol. The molecule has 22 heavy (non-hydrogen) atoms. The Morgan fingerprint density at radius 3 is 3.00 bits per heavy atom. The summed E-state index contributed by atoms with van der Waals surface area (Å²) in [5.41, 5.74) is -1.07. The number of aromatic nitrogens is 2. The highest BCUT2D eigenvalue weighted by Gasteiger charge is 2.35. The average molecular weight is 311 g/mol. The molecule has 0 bridgehead atoms. The molecule has 122 valence electrons. The quantitative estimate of drug-likeness (QED) is 0.655. The maximum Gasteiger partial charge on any atom is 0.330 e. The van der Waals surface area contributed by atoms with Crippen LogP contribution in [0.15, 0.2) is 21.9 Å². The molecule has 8 heteroatoms. The van der Waals surface area contributed by atoms with E-state index in [9.17, 15) is 19.5 Å². The summed E-state index contributed by atoms with van der Waals surface area (Å²) in [6, 6.07) is 1.22. The lowest BCUT2D eigenvalue weighted by atomic mass is 10.1. The van der Waals surface area contributed by atoms with Gasteiger partial charge in [-0.05, 0) is 6.42 Å². The molecular formula is C14H21N3O5. The summed E-state index contributed by atoms with van der Waals surface area (Å²) >= 11 is 0. The third kappa shape index (κ3) is 4.05. The molecule has 0 saturated carbocycles. The minimum absolute atomic E-state index is 0.0812. The third-order valence-electron chi connectivity index (χ3n) is 3.62. The Morgan fingerprint density at radius 1 is 1.55 bits per heavy atom. The minimum atomic E-state index is -0.782. The van der Waals surface area contributed by atoms with Crippen LogP contribution in [0.1, 0.15) is 38.8 Å². The molecule has 2 rings (SSSR count). The molecule has 1 aromatic heterocycles. The Bertz CT molecular complexity index is 623. The number of ether oxygens (including phenoxy) is 1. The van der Waals surface area contributed by atoms with E-state index in [1.807, 2.05) is 6.92 Å². The van der Waals surface area contributed by atoms with Crippen molar-refractivity contribution in [2.75, 3.05) is 6.54 Å². The molecule has 1 aromatic rings. The number of carbonyl (C=O) groups excluding carboxylic acids is 1. The highest BCUT2D eigenvalue weighted by molar-refractivity contribution is 5.75. The molecule has 1 amide bonds. The summed E-state index contributed by atoms with van der Waals surface area (Å²) in [6.07, 6.45) is 1.74. The fourth-order valence-corrected chi connectivity index (χ4v) is 2.36. The van der Waals surface area contributed by atoms with E-state index >= 15 is 0 Å². The molecule has 0 aliphatic carbocycles. The molecule has 8 nitrogen and oxygen atoms in total. The fraction of sp³-hybridized carbons (Fsp3) is 0.643. The number of amides is 1. The predicted molar refractivity (Wildman–Crippen MR) is 78.4 cm³/mol. The smallest absolute Gasteiger partial charge is 0.330 e. The first-order valence-electron chi connectivity index (χ1n) is 7.43. The number of hydrogen-bond donors (Lipinski definition) is 3. The lowest BCUT2D eigenvalue weighted by Gasteiger charge is -2.16. The SMILES string of the molecule is CCCCC(=O)NC[C@H]1O[C@@H](n2ccc(=O)[nH]c2=O)C[C@@H]1O. The first kappa shape index (κ1) is 16.4. The first-order chi connectivity index (χ1) is 10.5. The van der Waals surface area contributed by atoms with Gasteiger partial charge in [0.05, 0.1) is 6.10 Å². The van der Waals surface area contributed by atoms with Gasteiger partial charge in [-0.25, -0.2) is 4.79 Å². The number of rotatable bonds is 6. The number of carbonyl (C=O) groups is 1. The van der Waals surface area contributed by atoms with Gasteiger partial charge in [0, 0.05) is 31.6 Å². The van der Waals surface area contributed by atoms with Gasteiger partial charge in [0.25, 0.3) is 5.56 Å². The van der Waals surface area contributed by atoms with Crippen LogP contribution in [-0.2, 0) is 9.53 Å². The Balaban J connectivity index is 1.93. The zero-order chi connectivity index (χ0) is 16.1. The van der Waals surface area contributed by atoms with Crippen LogP contribution in [0.2, 0.25) is 0 Å². The number of nitrogens with zero attached hydrogens (tertiary/aromatic N) is 1. The van der Waals surface area contributed by atoms with E-state index in [4.69, 9.17) is 4.74 Å². The summed E-state index contributed by atoms with van der Waals surface area (Å²) in [6.45, 7) is 2.20. The molecule has 3 N–H and O–H groups in total. The van der Waals surface area contributed by atoms with E-state index in [0.29, 0.717) is 6.42 Å². The van der Waals surface area contributed by atoms with E-state index < -0.39 is 29.7 Å². The first-order valence-corrected chi connectivity index (χ1v) is 7.43. The molecular weight excluding hydrogens is 290 g/mol. The van der Waals surface area contributed by atoms with Crippen LogP contribution in [0.5, 0.6) is 0 Å². The number of nitrogens with one attached hydrogen (secondary N) is 2. The zero-order valence-corrected chi connectivity index (χ0v) is 12.4. The van der Waals surface area contributed by atoms with Crippen molar-refractivity contribution in [3.05, 3.63) is 33.1 Å². The van der Waals surface area contributed by atoms with Gasteiger partial charge in [0.1, 0.15) is 12.3 Å². The average Bonchev–Trinajstić information content (AvgIpc) is 2.83. The second-order valence-corrected chi connectivity index (χ2v) is 5.36. The summed E-state index contributed by atoms with van der Waals surface area (Å²) in [5.74, 6) is -0.0812. The number of H-pyrrole nitrogens is 1. The number of unbranched alkanes of at least 4 members (excludes halogenated alkanes) is 1. The number of aliphatic hydroxyl groups excluding tert-OH is 1. The highest BCUT2D eigenvalue weighted by atomic mass is 16.5. The Labute approximate surface area is 127 Å². The Morgan fingerprint density at radius 2 is 2.32 bits per heavy atom. The van der Waals surface area contributed by atoms with Crippen LogP contribution >= 0.6 is 0 Å². The number of hydrogen-bond acceptors (Lipinski definition) is 5. The van der Waals surface area contributed by atoms with Crippen LogP contribution in [0.4, 0.5) is 0 Å². The van der Waals surface area contributed by atoms with Gasteiger partial charge < -0.3 is 15.2 Å². The Kier molecular flexibility index (Phi) is 5.51. The van der Waals surface area contributed by atoms with Gasteiger partial charge in [-0.2, -0.15) is 0 Å². The molecule has 0 spiro atoms. The second-order valence-electron chi connectivity index (χ2n) is 5.36. The summed E-state index contributed by atoms with van der Waals surface area (Å²) < 4.78 is 6.84. The van der Waals surface area contributed by atoms with Gasteiger partial charge in [0.15, 0.2) is 0 Å². The standard InChI is InChI=1S/C14H21N3O5/c1-2-3-4-11(19)15-8-10-9(18)7-13(22-10)17-6-5-12(20)16-14(17)21/h5-6,9-10,13,18H,2-4,7-8H2,1H3,(H,15,19)(H,16,20,21)/t9-,10+,13+/m0/s1. The van der Waals surface area contributed by atoms with Crippen molar-refractivity contribution >= 4 is 5.91 Å². The van der Waals surface area contributed by atoms with Crippen molar-refractivity contribution in [2.45, 2.75) is 51.0 Å². The van der Waals surface area contributed by atoms with Crippen molar-refractivity contribution in [3.63, 3.8) is 0 Å². The van der Waals surface area contributed by atoms with Gasteiger partial charge >= 0.3 is 5.69 Å². The summed E-state index contributed by atoms with van der Waals surface area (Å²) in [7, 11) is 0. The predicted octanol–water partition coefficient (Wildman–Crippen LogP) is -0.509. The topological polar surface area (TPSA) is 113 Å². The van der Waals surface area contributed by atoms with Gasteiger partial charge in [0.2, 0.25) is 5.91 Å². The van der Waals surface area contributed by atoms with Gasteiger partial charge in [-0.3, -0.25) is 19.1 Å². The largest absolute Gasteiger partial charge is 0.390 e. The van der Waals surface area contributed by atoms with Gasteiger partial charge in [-0.1, -0.05) is 13.3 Å². The van der Waals surface area contributed by atoms with E-state index in [0.717, 1.165) is 12.8 Å². The maximum absolute atomic E-state index is 11.7. The van der Waals surface area contributed by atoms with E-state index in [2.05, 4.69) is 10.3 Å². The van der Waals surface area contributed by atoms with Crippen molar-refractivity contribution in [2.24, 2.45) is 0 Å². The molecule has 3 atom stereocenters. The summed E-state index contributed by atoms with van der Waals surface area (Å²) in [5, 5.41) is 12.7. The lowest BCUT2D eigenvalue weighted by Crippen LogP contribution is -2.37. The number of aliphatic hydroxyl groups is 1. The molecule has 0 aromatic carbocycles. The molecule has 1 saturated heterocycles. The molecule has 1 aliphatic heterocycles. The van der Waals surface area contributed by atoms with E-state index in [1.54, 1.807) is 0 Å². The molecule has 1 fully saturated rings. The molecule has 0 radical (unpaired) electrons. The van der Waals surface area contributed by atoms with Crippen LogP contribution < -0.4 is 16.6 Å². The normalized spacial score (nSPS) is 24.4. The van der Waals surface area contributed by atoms with Crippen molar-refractivity contribution in [1.82, 2.24) is 14.9 Å². The van der Waals surface area contributed by atoms with Crippen molar-refractivity contribution in [1.29, 1.82) is 0 Å². The van der Waals surface area contributed by atoms with Crippen LogP contribution in [-0.4, -0.2) is 39.3 Å². The van der Waals surface area contributed by atoms with E-state index in [1.165, 1.54) is 16.8 Å². The van der Waals surface area contributed by atoms with E-state index in [-0.39, 0.29) is 18.9 Å². The molecule has 1 aliphatic rings. The van der Waals surface area contributed by atoms with Crippen LogP contribution in [0, 0.1) is 0 Å². The number of aromatic amines is 1. The Hall–Kier alpha value is -1.93. The van der Waals surface area contributed by atoms with Gasteiger partial charge in [-0.15, -0.1) is 0 Å². The second kappa shape index (κ2) is 7.37.